The Balaban J connectivity index is 0.000000581. The van der Waals surface area contributed by atoms with Crippen molar-refractivity contribution in [2.75, 3.05) is 0 Å². The Hall–Kier alpha value is -1.57. The molecule has 0 amide bonds. The molecule has 0 unspecified atom stereocenters. The first kappa shape index (κ1) is 15.4. The molecule has 2 nitrogen and oxygen atoms in total. The van der Waals surface area contributed by atoms with E-state index in [1.165, 1.54) is 11.1 Å². The first-order valence-electron chi connectivity index (χ1n) is 6.25. The molecule has 0 radical (unpaired) electrons. The van der Waals surface area contributed by atoms with E-state index >= 15 is 0 Å². The highest BCUT2D eigenvalue weighted by Crippen LogP contribution is 2.23. The fourth-order valence-corrected chi connectivity index (χ4v) is 1.39. The largest absolute Gasteiger partial charge is 0.361 e. The van der Waals surface area contributed by atoms with E-state index in [1.54, 1.807) is 6.20 Å². The molecular weight excluding hydrogens is 210 g/mol. The van der Waals surface area contributed by atoms with Crippen LogP contribution in [0.1, 0.15) is 39.0 Å². The van der Waals surface area contributed by atoms with Crippen LogP contribution in [0.3, 0.4) is 0 Å². The predicted octanol–water partition coefficient (Wildman–Crippen LogP) is 5.01. The monoisotopic (exact) mass is 233 g/mol. The topological polar surface area (TPSA) is 26.0 Å². The van der Waals surface area contributed by atoms with Gasteiger partial charge in [0, 0.05) is 5.56 Å². The molecule has 0 aliphatic rings. The fraction of sp³-hybridized carbons (Fsp3) is 0.400. The maximum absolute atomic E-state index is 5.01. The zero-order valence-electron chi connectivity index (χ0n) is 11.7. The lowest BCUT2D eigenvalue weighted by Gasteiger charge is -1.98. The summed E-state index contributed by atoms with van der Waals surface area (Å²) >= 11 is 0. The molecule has 0 saturated heterocycles. The van der Waals surface area contributed by atoms with Crippen LogP contribution in [0, 0.1) is 13.8 Å². The van der Waals surface area contributed by atoms with E-state index in [2.05, 4.69) is 30.3 Å². The van der Waals surface area contributed by atoms with E-state index in [4.69, 9.17) is 4.52 Å². The highest BCUT2D eigenvalue weighted by molar-refractivity contribution is 5.64. The molecule has 94 valence electrons. The van der Waals surface area contributed by atoms with Crippen LogP contribution in [0.2, 0.25) is 0 Å². The Morgan fingerprint density at radius 2 is 1.65 bits per heavy atom. The number of benzene rings is 1. The van der Waals surface area contributed by atoms with E-state index < -0.39 is 0 Å². The molecule has 17 heavy (non-hydrogen) atoms. The van der Waals surface area contributed by atoms with Crippen LogP contribution >= 0.6 is 0 Å². The van der Waals surface area contributed by atoms with Gasteiger partial charge in [-0.3, -0.25) is 0 Å². The lowest BCUT2D eigenvalue weighted by atomic mass is 10.1. The van der Waals surface area contributed by atoms with Gasteiger partial charge in [0.1, 0.15) is 5.76 Å². The van der Waals surface area contributed by atoms with Crippen LogP contribution in [-0.2, 0) is 0 Å². The molecule has 2 heteroatoms. The maximum atomic E-state index is 5.01. The maximum Gasteiger partial charge on any atom is 0.141 e. The van der Waals surface area contributed by atoms with Gasteiger partial charge < -0.3 is 4.52 Å². The Bertz CT molecular complexity index is 418. The summed E-state index contributed by atoms with van der Waals surface area (Å²) in [5, 5.41) is 3.75. The second-order valence-corrected chi connectivity index (χ2v) is 3.17. The minimum atomic E-state index is 0.866. The van der Waals surface area contributed by atoms with Gasteiger partial charge in [-0.25, -0.2) is 0 Å². The normalized spacial score (nSPS) is 8.59. The van der Waals surface area contributed by atoms with Gasteiger partial charge in [0.15, 0.2) is 0 Å². The van der Waals surface area contributed by atoms with Crippen molar-refractivity contribution in [2.24, 2.45) is 0 Å². The standard InChI is InChI=1S/C11H11NO.2C2H6/c1-8-4-3-5-10(6-8)11-7-12-13-9(11)2;2*1-2/h3-7H,1-2H3;2*1-2H3. The van der Waals surface area contributed by atoms with Gasteiger partial charge in [-0.15, -0.1) is 0 Å². The summed E-state index contributed by atoms with van der Waals surface area (Å²) < 4.78 is 5.01. The number of hydrogen-bond acceptors (Lipinski definition) is 2. The minimum Gasteiger partial charge on any atom is -0.361 e. The molecular formula is C15H23NO. The average Bonchev–Trinajstić information content (AvgIpc) is 2.81. The summed E-state index contributed by atoms with van der Waals surface area (Å²) in [7, 11) is 0. The molecule has 1 aromatic heterocycles. The summed E-state index contributed by atoms with van der Waals surface area (Å²) in [6, 6.07) is 8.30. The molecule has 0 aliphatic heterocycles. The Morgan fingerprint density at radius 1 is 1.00 bits per heavy atom. The molecule has 0 N–H and O–H groups in total. The molecule has 0 bridgehead atoms. The zero-order chi connectivity index (χ0) is 13.3. The van der Waals surface area contributed by atoms with Gasteiger partial charge in [-0.05, 0) is 19.4 Å². The number of aryl methyl sites for hydroxylation is 2. The Labute approximate surface area is 105 Å². The van der Waals surface area contributed by atoms with Gasteiger partial charge in [0.25, 0.3) is 0 Å². The highest BCUT2D eigenvalue weighted by atomic mass is 16.5. The van der Waals surface area contributed by atoms with Crippen molar-refractivity contribution in [3.05, 3.63) is 41.8 Å². The molecule has 0 aliphatic carbocycles. The van der Waals surface area contributed by atoms with E-state index in [0.29, 0.717) is 0 Å². The second-order valence-electron chi connectivity index (χ2n) is 3.17. The van der Waals surface area contributed by atoms with E-state index in [1.807, 2.05) is 40.7 Å². The van der Waals surface area contributed by atoms with Crippen molar-refractivity contribution in [2.45, 2.75) is 41.5 Å². The number of hydrogen-bond donors (Lipinski definition) is 0. The number of rotatable bonds is 1. The third kappa shape index (κ3) is 4.43. The van der Waals surface area contributed by atoms with Crippen molar-refractivity contribution < 1.29 is 4.52 Å². The molecule has 1 heterocycles. The van der Waals surface area contributed by atoms with Gasteiger partial charge in [0.05, 0.1) is 6.20 Å². The van der Waals surface area contributed by atoms with E-state index in [0.717, 1.165) is 11.3 Å². The Kier molecular flexibility index (Phi) is 7.78. The smallest absolute Gasteiger partial charge is 0.141 e. The zero-order valence-corrected chi connectivity index (χ0v) is 11.7. The summed E-state index contributed by atoms with van der Waals surface area (Å²) in [5.41, 5.74) is 3.49. The molecule has 0 spiro atoms. The van der Waals surface area contributed by atoms with Crippen LogP contribution in [0.4, 0.5) is 0 Å². The Morgan fingerprint density at radius 3 is 2.12 bits per heavy atom. The van der Waals surface area contributed by atoms with Gasteiger partial charge in [0.2, 0.25) is 0 Å². The van der Waals surface area contributed by atoms with Gasteiger partial charge in [-0.2, -0.15) is 0 Å². The van der Waals surface area contributed by atoms with Gasteiger partial charge >= 0.3 is 0 Å². The van der Waals surface area contributed by atoms with Crippen molar-refractivity contribution in [3.63, 3.8) is 0 Å². The first-order chi connectivity index (χ1) is 8.27. The molecule has 2 rings (SSSR count). The van der Waals surface area contributed by atoms with Crippen LogP contribution in [0.15, 0.2) is 35.0 Å². The van der Waals surface area contributed by atoms with Crippen LogP contribution in [0.5, 0.6) is 0 Å². The number of nitrogens with zero attached hydrogens (tertiary/aromatic N) is 1. The third-order valence-electron chi connectivity index (χ3n) is 2.08. The lowest BCUT2D eigenvalue weighted by Crippen LogP contribution is -1.78. The quantitative estimate of drug-likeness (QED) is 0.692. The molecule has 0 fully saturated rings. The van der Waals surface area contributed by atoms with Crippen LogP contribution in [-0.4, -0.2) is 5.16 Å². The predicted molar refractivity (Wildman–Crippen MR) is 74.1 cm³/mol. The average molecular weight is 233 g/mol. The number of aromatic nitrogens is 1. The molecule has 2 aromatic rings. The minimum absolute atomic E-state index is 0.866. The molecule has 0 saturated carbocycles. The fourth-order valence-electron chi connectivity index (χ4n) is 1.39. The van der Waals surface area contributed by atoms with E-state index in [9.17, 15) is 0 Å². The van der Waals surface area contributed by atoms with Crippen molar-refractivity contribution in [3.8, 4) is 11.1 Å². The summed E-state index contributed by atoms with van der Waals surface area (Å²) in [6.07, 6.45) is 1.75. The van der Waals surface area contributed by atoms with Crippen molar-refractivity contribution in [1.82, 2.24) is 5.16 Å². The lowest BCUT2D eigenvalue weighted by molar-refractivity contribution is 0.398. The van der Waals surface area contributed by atoms with Gasteiger partial charge in [-0.1, -0.05) is 62.7 Å². The SMILES string of the molecule is CC.CC.Cc1cccc(-c2cnoc2C)c1. The summed E-state index contributed by atoms with van der Waals surface area (Å²) in [5.74, 6) is 0.866. The summed E-state index contributed by atoms with van der Waals surface area (Å²) in [6.45, 7) is 12.0. The molecule has 1 aromatic carbocycles. The van der Waals surface area contributed by atoms with E-state index in [-0.39, 0.29) is 0 Å². The molecule has 0 atom stereocenters. The van der Waals surface area contributed by atoms with Crippen LogP contribution < -0.4 is 0 Å². The first-order valence-corrected chi connectivity index (χ1v) is 6.25. The highest BCUT2D eigenvalue weighted by Gasteiger charge is 2.04. The summed E-state index contributed by atoms with van der Waals surface area (Å²) in [4.78, 5) is 0. The van der Waals surface area contributed by atoms with Crippen molar-refractivity contribution >= 4 is 0 Å². The van der Waals surface area contributed by atoms with Crippen LogP contribution in [0.25, 0.3) is 11.1 Å². The van der Waals surface area contributed by atoms with Crippen molar-refractivity contribution in [1.29, 1.82) is 0 Å². The third-order valence-corrected chi connectivity index (χ3v) is 2.08. The second kappa shape index (κ2) is 8.57.